The van der Waals surface area contributed by atoms with Crippen molar-refractivity contribution in [3.8, 4) is 0 Å². The third-order valence-corrected chi connectivity index (χ3v) is 5.71. The van der Waals surface area contributed by atoms with Crippen molar-refractivity contribution >= 4 is 10.0 Å². The molecule has 0 saturated carbocycles. The number of benzene rings is 1. The van der Waals surface area contributed by atoms with Gasteiger partial charge in [0.1, 0.15) is 5.82 Å². The van der Waals surface area contributed by atoms with Crippen LogP contribution in [0.1, 0.15) is 12.8 Å². The van der Waals surface area contributed by atoms with Gasteiger partial charge in [-0.1, -0.05) is 0 Å². The highest BCUT2D eigenvalue weighted by molar-refractivity contribution is 7.89. The molecule has 1 aromatic rings. The second-order valence-corrected chi connectivity index (χ2v) is 6.97. The highest BCUT2D eigenvalue weighted by Gasteiger charge is 2.32. The summed E-state index contributed by atoms with van der Waals surface area (Å²) in [6.07, 6.45) is 1.04. The van der Waals surface area contributed by atoms with Gasteiger partial charge in [-0.15, -0.1) is 0 Å². The van der Waals surface area contributed by atoms with Crippen LogP contribution < -0.4 is 0 Å². The van der Waals surface area contributed by atoms with Crippen molar-refractivity contribution in [3.63, 3.8) is 0 Å². The minimum absolute atomic E-state index is 0.123. The Hall–Kier alpha value is -1.02. The van der Waals surface area contributed by atoms with Crippen molar-refractivity contribution in [2.75, 3.05) is 27.3 Å². The van der Waals surface area contributed by atoms with Crippen LogP contribution in [-0.2, 0) is 19.5 Å². The van der Waals surface area contributed by atoms with Gasteiger partial charge in [0, 0.05) is 33.2 Å². The molecule has 0 aromatic heterocycles. The molecule has 0 N–H and O–H groups in total. The third kappa shape index (κ3) is 3.60. The molecule has 21 heavy (non-hydrogen) atoms. The summed E-state index contributed by atoms with van der Waals surface area (Å²) in [5, 5.41) is 0. The van der Waals surface area contributed by atoms with E-state index in [1.807, 2.05) is 0 Å². The van der Waals surface area contributed by atoms with Crippen LogP contribution in [0.15, 0.2) is 29.2 Å². The van der Waals surface area contributed by atoms with Gasteiger partial charge >= 0.3 is 0 Å². The molecule has 0 unspecified atom stereocenters. The molecule has 1 fully saturated rings. The van der Waals surface area contributed by atoms with E-state index in [1.165, 1.54) is 16.4 Å². The predicted molar refractivity (Wildman–Crippen MR) is 75.7 cm³/mol. The van der Waals surface area contributed by atoms with Crippen molar-refractivity contribution in [1.29, 1.82) is 0 Å². The van der Waals surface area contributed by atoms with E-state index >= 15 is 0 Å². The summed E-state index contributed by atoms with van der Waals surface area (Å²) in [7, 11) is -0.398. The van der Waals surface area contributed by atoms with E-state index in [0.717, 1.165) is 12.1 Å². The number of sulfonamides is 1. The highest BCUT2D eigenvalue weighted by Crippen LogP contribution is 2.27. The van der Waals surface area contributed by atoms with Crippen LogP contribution in [0, 0.1) is 11.7 Å². The van der Waals surface area contributed by atoms with E-state index in [9.17, 15) is 12.8 Å². The lowest BCUT2D eigenvalue weighted by Crippen LogP contribution is -2.42. The minimum Gasteiger partial charge on any atom is -0.356 e. The maximum absolute atomic E-state index is 12.9. The smallest absolute Gasteiger partial charge is 0.243 e. The summed E-state index contributed by atoms with van der Waals surface area (Å²) in [4.78, 5) is 0.123. The van der Waals surface area contributed by atoms with Crippen LogP contribution in [-0.4, -0.2) is 46.3 Å². The molecule has 1 saturated heterocycles. The van der Waals surface area contributed by atoms with Crippen molar-refractivity contribution < 1.29 is 22.3 Å². The Balaban J connectivity index is 2.06. The molecule has 118 valence electrons. The summed E-state index contributed by atoms with van der Waals surface area (Å²) in [6.45, 7) is 0.821. The van der Waals surface area contributed by atoms with Crippen molar-refractivity contribution in [1.82, 2.24) is 4.31 Å². The van der Waals surface area contributed by atoms with Gasteiger partial charge in [0.25, 0.3) is 0 Å². The highest BCUT2D eigenvalue weighted by atomic mass is 32.2. The Morgan fingerprint density at radius 2 is 1.67 bits per heavy atom. The second-order valence-electron chi connectivity index (χ2n) is 5.04. The SMILES string of the molecule is COC(OC)C1CCN(S(=O)(=O)c2ccc(F)cc2)CC1. The van der Waals surface area contributed by atoms with Crippen LogP contribution in [0.2, 0.25) is 0 Å². The molecule has 1 aliphatic rings. The van der Waals surface area contributed by atoms with E-state index in [1.54, 1.807) is 14.2 Å². The van der Waals surface area contributed by atoms with Gasteiger partial charge in [-0.2, -0.15) is 4.31 Å². The van der Waals surface area contributed by atoms with Crippen LogP contribution in [0.4, 0.5) is 4.39 Å². The molecule has 0 aliphatic carbocycles. The van der Waals surface area contributed by atoms with Crippen LogP contribution in [0.5, 0.6) is 0 Å². The lowest BCUT2D eigenvalue weighted by molar-refractivity contribution is -0.144. The predicted octanol–water partition coefficient (Wildman–Crippen LogP) is 1.85. The van der Waals surface area contributed by atoms with Gasteiger partial charge in [-0.25, -0.2) is 12.8 Å². The number of hydrogen-bond donors (Lipinski definition) is 0. The first kappa shape index (κ1) is 16.4. The number of nitrogens with zero attached hydrogens (tertiary/aromatic N) is 1. The van der Waals surface area contributed by atoms with Crippen molar-refractivity contribution in [3.05, 3.63) is 30.1 Å². The number of methoxy groups -OCH3 is 2. The zero-order valence-electron chi connectivity index (χ0n) is 12.2. The van der Waals surface area contributed by atoms with Crippen LogP contribution in [0.3, 0.4) is 0 Å². The molecule has 0 atom stereocenters. The van der Waals surface area contributed by atoms with E-state index < -0.39 is 15.8 Å². The molecule has 1 heterocycles. The molecule has 0 radical (unpaired) electrons. The zero-order chi connectivity index (χ0) is 15.5. The Morgan fingerprint density at radius 1 is 1.14 bits per heavy atom. The Labute approximate surface area is 124 Å². The molecule has 1 aromatic carbocycles. The van der Waals surface area contributed by atoms with Gasteiger partial charge in [0.05, 0.1) is 4.90 Å². The maximum atomic E-state index is 12.9. The van der Waals surface area contributed by atoms with Gasteiger partial charge in [-0.05, 0) is 37.1 Å². The summed E-state index contributed by atoms with van der Waals surface area (Å²) in [6, 6.07) is 4.91. The fourth-order valence-electron chi connectivity index (χ4n) is 2.63. The summed E-state index contributed by atoms with van der Waals surface area (Å²) < 4.78 is 49.7. The largest absolute Gasteiger partial charge is 0.356 e. The van der Waals surface area contributed by atoms with Crippen LogP contribution >= 0.6 is 0 Å². The third-order valence-electron chi connectivity index (χ3n) is 3.80. The molecule has 0 amide bonds. The minimum atomic E-state index is -3.56. The fraction of sp³-hybridized carbons (Fsp3) is 0.571. The van der Waals surface area contributed by atoms with Gasteiger partial charge in [-0.3, -0.25) is 0 Å². The molecule has 1 aliphatic heterocycles. The topological polar surface area (TPSA) is 55.8 Å². The lowest BCUT2D eigenvalue weighted by Gasteiger charge is -2.34. The van der Waals surface area contributed by atoms with E-state index in [4.69, 9.17) is 9.47 Å². The number of ether oxygens (including phenoxy) is 2. The van der Waals surface area contributed by atoms with E-state index in [2.05, 4.69) is 0 Å². The summed E-state index contributed by atoms with van der Waals surface area (Å²) >= 11 is 0. The zero-order valence-corrected chi connectivity index (χ0v) is 13.0. The number of hydrogen-bond acceptors (Lipinski definition) is 4. The van der Waals surface area contributed by atoms with E-state index in [-0.39, 0.29) is 17.1 Å². The molecule has 0 spiro atoms. The summed E-state index contributed by atoms with van der Waals surface area (Å²) in [5.74, 6) is -0.268. The number of rotatable bonds is 5. The molecule has 7 heteroatoms. The average molecular weight is 317 g/mol. The maximum Gasteiger partial charge on any atom is 0.243 e. The quantitative estimate of drug-likeness (QED) is 0.778. The first-order chi connectivity index (χ1) is 9.98. The van der Waals surface area contributed by atoms with Crippen molar-refractivity contribution in [2.24, 2.45) is 5.92 Å². The Bertz CT molecular complexity index is 549. The summed E-state index contributed by atoms with van der Waals surface area (Å²) in [5.41, 5.74) is 0. The number of piperidine rings is 1. The number of halogens is 1. The fourth-order valence-corrected chi connectivity index (χ4v) is 4.09. The van der Waals surface area contributed by atoms with Crippen LogP contribution in [0.25, 0.3) is 0 Å². The van der Waals surface area contributed by atoms with Gasteiger partial charge in [0.2, 0.25) is 10.0 Å². The molecule has 5 nitrogen and oxygen atoms in total. The monoisotopic (exact) mass is 317 g/mol. The normalized spacial score (nSPS) is 18.3. The lowest BCUT2D eigenvalue weighted by atomic mass is 9.97. The van der Waals surface area contributed by atoms with Gasteiger partial charge in [0.15, 0.2) is 6.29 Å². The Kier molecular flexibility index (Phi) is 5.32. The Morgan fingerprint density at radius 3 is 2.14 bits per heavy atom. The molecular weight excluding hydrogens is 297 g/mol. The standard InChI is InChI=1S/C14H20FNO4S/c1-19-14(20-2)11-7-9-16(10-8-11)21(17,18)13-5-3-12(15)4-6-13/h3-6,11,14H,7-10H2,1-2H3. The molecule has 2 rings (SSSR count). The second kappa shape index (κ2) is 6.83. The van der Waals surface area contributed by atoms with E-state index in [0.29, 0.717) is 25.9 Å². The first-order valence-electron chi connectivity index (χ1n) is 6.80. The van der Waals surface area contributed by atoms with Crippen molar-refractivity contribution in [2.45, 2.75) is 24.0 Å². The van der Waals surface area contributed by atoms with Gasteiger partial charge < -0.3 is 9.47 Å². The molecular formula is C14H20FNO4S. The molecule has 0 bridgehead atoms. The first-order valence-corrected chi connectivity index (χ1v) is 8.24. The average Bonchev–Trinajstić information content (AvgIpc) is 2.49.